The molecule has 88 valence electrons. The van der Waals surface area contributed by atoms with Gasteiger partial charge in [0.15, 0.2) is 0 Å². The van der Waals surface area contributed by atoms with Crippen LogP contribution >= 0.6 is 30.4 Å². The van der Waals surface area contributed by atoms with Crippen molar-refractivity contribution in [3.8, 4) is 5.75 Å². The van der Waals surface area contributed by atoms with Crippen LogP contribution in [0.2, 0.25) is 0 Å². The molecule has 0 bridgehead atoms. The van der Waals surface area contributed by atoms with E-state index in [2.05, 4.69) is 21.2 Å². The summed E-state index contributed by atoms with van der Waals surface area (Å²) in [4.78, 5) is 0. The van der Waals surface area contributed by atoms with Crippen molar-refractivity contribution in [3.63, 3.8) is 0 Å². The van der Waals surface area contributed by atoms with Crippen molar-refractivity contribution in [2.75, 3.05) is 0 Å². The van der Waals surface area contributed by atoms with Gasteiger partial charge < -0.3 is 8.92 Å². The van der Waals surface area contributed by atoms with E-state index in [1.54, 1.807) is 0 Å². The monoisotopic (exact) mass is 350 g/mol. The lowest BCUT2D eigenvalue weighted by atomic mass is 9.95. The SMILES string of the molecule is ISO[C@H]1CC[C@H](Oc2ccccc2)CC1. The highest BCUT2D eigenvalue weighted by atomic mass is 127. The van der Waals surface area contributed by atoms with Gasteiger partial charge in [-0.2, -0.15) is 0 Å². The number of halogens is 1. The molecule has 4 heteroatoms. The number of hydrogen-bond donors (Lipinski definition) is 0. The smallest absolute Gasteiger partial charge is 0.119 e. The summed E-state index contributed by atoms with van der Waals surface area (Å²) >= 11 is 2.18. The van der Waals surface area contributed by atoms with Crippen LogP contribution in [0.1, 0.15) is 25.7 Å². The topological polar surface area (TPSA) is 18.5 Å². The minimum Gasteiger partial charge on any atom is -0.490 e. The van der Waals surface area contributed by atoms with Crippen LogP contribution < -0.4 is 4.74 Å². The second-order valence-corrected chi connectivity index (χ2v) is 5.39. The number of rotatable bonds is 4. The molecule has 16 heavy (non-hydrogen) atoms. The Morgan fingerprint density at radius 2 is 1.62 bits per heavy atom. The zero-order valence-corrected chi connectivity index (χ0v) is 11.9. The van der Waals surface area contributed by atoms with Crippen LogP contribution in [-0.2, 0) is 4.18 Å². The minimum absolute atomic E-state index is 0.362. The summed E-state index contributed by atoms with van der Waals surface area (Å²) in [6.07, 6.45) is 5.17. The first-order valence-electron chi connectivity index (χ1n) is 5.54. The van der Waals surface area contributed by atoms with Crippen molar-refractivity contribution in [1.29, 1.82) is 0 Å². The molecule has 1 aromatic rings. The van der Waals surface area contributed by atoms with Crippen LogP contribution in [0.4, 0.5) is 0 Å². The van der Waals surface area contributed by atoms with Gasteiger partial charge in [-0.3, -0.25) is 0 Å². The van der Waals surface area contributed by atoms with Crippen LogP contribution in [0, 0.1) is 0 Å². The third-order valence-electron chi connectivity index (χ3n) is 2.84. The number of hydrogen-bond acceptors (Lipinski definition) is 3. The molecule has 2 nitrogen and oxygen atoms in total. The zero-order chi connectivity index (χ0) is 11.2. The number of para-hydroxylation sites is 1. The first-order valence-corrected chi connectivity index (χ1v) is 8.82. The molecule has 1 aliphatic rings. The molecule has 2 rings (SSSR count). The van der Waals surface area contributed by atoms with Crippen LogP contribution in [0.3, 0.4) is 0 Å². The maximum atomic E-state index is 5.92. The molecule has 0 saturated heterocycles. The Bertz CT molecular complexity index is 299. The van der Waals surface area contributed by atoms with Crippen LogP contribution in [0.15, 0.2) is 30.3 Å². The molecule has 1 aromatic carbocycles. The molecule has 1 aliphatic carbocycles. The molecule has 1 saturated carbocycles. The van der Waals surface area contributed by atoms with Gasteiger partial charge in [-0.25, -0.2) is 0 Å². The second-order valence-electron chi connectivity index (χ2n) is 3.99. The number of benzene rings is 1. The molecule has 0 amide bonds. The molecular weight excluding hydrogens is 335 g/mol. The summed E-state index contributed by atoms with van der Waals surface area (Å²) in [5.74, 6) is 0.982. The van der Waals surface area contributed by atoms with E-state index in [-0.39, 0.29) is 0 Å². The quantitative estimate of drug-likeness (QED) is 0.593. The summed E-state index contributed by atoms with van der Waals surface area (Å²) in [7, 11) is 1.44. The lowest BCUT2D eigenvalue weighted by Gasteiger charge is -2.27. The highest BCUT2D eigenvalue weighted by Gasteiger charge is 2.22. The second kappa shape index (κ2) is 6.71. The van der Waals surface area contributed by atoms with E-state index >= 15 is 0 Å². The third kappa shape index (κ3) is 3.82. The predicted octanol–water partition coefficient (Wildman–Crippen LogP) is 4.39. The average Bonchev–Trinajstić information content (AvgIpc) is 2.33. The van der Waals surface area contributed by atoms with Gasteiger partial charge in [-0.1, -0.05) is 18.2 Å². The summed E-state index contributed by atoms with van der Waals surface area (Å²) in [6, 6.07) is 10.1. The van der Waals surface area contributed by atoms with Gasteiger partial charge in [0.2, 0.25) is 0 Å². The van der Waals surface area contributed by atoms with Gasteiger partial charge in [-0.05, 0) is 37.8 Å². The van der Waals surface area contributed by atoms with Crippen molar-refractivity contribution < 1.29 is 8.92 Å². The molecule has 0 aromatic heterocycles. The molecule has 1 fully saturated rings. The Morgan fingerprint density at radius 1 is 1.00 bits per heavy atom. The van der Waals surface area contributed by atoms with Crippen LogP contribution in [-0.4, -0.2) is 12.2 Å². The lowest BCUT2D eigenvalue weighted by molar-refractivity contribution is 0.0935. The minimum atomic E-state index is 0.362. The van der Waals surface area contributed by atoms with Crippen molar-refractivity contribution >= 4 is 30.4 Å². The number of ether oxygens (including phenoxy) is 1. The van der Waals surface area contributed by atoms with Crippen molar-refractivity contribution in [1.82, 2.24) is 0 Å². The van der Waals surface area contributed by atoms with E-state index in [4.69, 9.17) is 8.92 Å². The van der Waals surface area contributed by atoms with E-state index in [1.807, 2.05) is 30.3 Å². The highest BCUT2D eigenvalue weighted by molar-refractivity contribution is 14.2. The van der Waals surface area contributed by atoms with Crippen molar-refractivity contribution in [2.24, 2.45) is 0 Å². The Balaban J connectivity index is 1.77. The molecule has 0 heterocycles. The van der Waals surface area contributed by atoms with E-state index in [1.165, 1.54) is 9.21 Å². The maximum Gasteiger partial charge on any atom is 0.119 e. The summed E-state index contributed by atoms with van der Waals surface area (Å²) < 4.78 is 11.4. The average molecular weight is 350 g/mol. The van der Waals surface area contributed by atoms with Crippen LogP contribution in [0.5, 0.6) is 5.75 Å². The summed E-state index contributed by atoms with van der Waals surface area (Å²) in [5, 5.41) is 0. The molecule has 0 N–H and O–H groups in total. The van der Waals surface area contributed by atoms with Gasteiger partial charge in [0.05, 0.1) is 21.4 Å². The zero-order valence-electron chi connectivity index (χ0n) is 8.97. The van der Waals surface area contributed by atoms with Gasteiger partial charge in [0.25, 0.3) is 0 Å². The fourth-order valence-corrected chi connectivity index (χ4v) is 3.17. The Hall–Kier alpha value is 0.0600. The van der Waals surface area contributed by atoms with Crippen molar-refractivity contribution in [3.05, 3.63) is 30.3 Å². The summed E-state index contributed by atoms with van der Waals surface area (Å²) in [6.45, 7) is 0. The predicted molar refractivity (Wildman–Crippen MR) is 75.8 cm³/mol. The first kappa shape index (κ1) is 12.5. The Morgan fingerprint density at radius 3 is 2.25 bits per heavy atom. The van der Waals surface area contributed by atoms with E-state index in [9.17, 15) is 0 Å². The Kier molecular flexibility index (Phi) is 5.25. The Labute approximate surface area is 113 Å². The van der Waals surface area contributed by atoms with Gasteiger partial charge in [-0.15, -0.1) is 0 Å². The molecule has 0 unspecified atom stereocenters. The maximum absolute atomic E-state index is 5.92. The first-order chi connectivity index (χ1) is 7.88. The molecular formula is C12H15IO2S. The molecule has 0 radical (unpaired) electrons. The largest absolute Gasteiger partial charge is 0.490 e. The van der Waals surface area contributed by atoms with Gasteiger partial charge in [0, 0.05) is 21.2 Å². The van der Waals surface area contributed by atoms with Gasteiger partial charge in [0.1, 0.15) is 5.75 Å². The fraction of sp³-hybridized carbons (Fsp3) is 0.500. The standard InChI is InChI=1S/C12H15IO2S/c13-16-15-12-8-6-11(7-9-12)14-10-4-2-1-3-5-10/h1-5,11-12H,6-9H2/t11-,12-. The molecule has 0 aliphatic heterocycles. The molecule has 0 spiro atoms. The molecule has 0 atom stereocenters. The van der Waals surface area contributed by atoms with Crippen LogP contribution in [0.25, 0.3) is 0 Å². The van der Waals surface area contributed by atoms with Gasteiger partial charge >= 0.3 is 0 Å². The summed E-state index contributed by atoms with van der Waals surface area (Å²) in [5.41, 5.74) is 0. The van der Waals surface area contributed by atoms with E-state index < -0.39 is 0 Å². The normalized spacial score (nSPS) is 25.3. The van der Waals surface area contributed by atoms with E-state index in [0.29, 0.717) is 12.2 Å². The third-order valence-corrected chi connectivity index (χ3v) is 3.81. The lowest BCUT2D eigenvalue weighted by Crippen LogP contribution is -2.27. The van der Waals surface area contributed by atoms with Crippen molar-refractivity contribution in [2.45, 2.75) is 37.9 Å². The highest BCUT2D eigenvalue weighted by Crippen LogP contribution is 2.29. The fourth-order valence-electron chi connectivity index (χ4n) is 1.99. The van der Waals surface area contributed by atoms with E-state index in [0.717, 1.165) is 31.4 Å².